The third-order valence-corrected chi connectivity index (χ3v) is 2.54. The fourth-order valence-electron chi connectivity index (χ4n) is 1.71. The number of allylic oxidation sites excluding steroid dienone is 4. The van der Waals surface area contributed by atoms with Crippen LogP contribution in [0.25, 0.3) is 0 Å². The molecule has 1 aliphatic rings. The van der Waals surface area contributed by atoms with Crippen molar-refractivity contribution in [2.24, 2.45) is 0 Å². The van der Waals surface area contributed by atoms with E-state index < -0.39 is 0 Å². The Balaban J connectivity index is 2.34. The number of ether oxygens (including phenoxy) is 2. The van der Waals surface area contributed by atoms with Gasteiger partial charge in [-0.15, -0.1) is 0 Å². The van der Waals surface area contributed by atoms with Gasteiger partial charge in [0.2, 0.25) is 0 Å². The fraction of sp³-hybridized carbons (Fsp3) is 0.231. The van der Waals surface area contributed by atoms with Gasteiger partial charge in [-0.1, -0.05) is 30.4 Å². The van der Waals surface area contributed by atoms with Crippen LogP contribution in [0.1, 0.15) is 11.5 Å². The van der Waals surface area contributed by atoms with Crippen LogP contribution in [0, 0.1) is 0 Å². The Morgan fingerprint density at radius 3 is 2.20 bits per heavy atom. The van der Waals surface area contributed by atoms with Gasteiger partial charge in [0.1, 0.15) is 0 Å². The molecule has 1 aromatic rings. The molecule has 1 aliphatic carbocycles. The monoisotopic (exact) mass is 202 g/mol. The van der Waals surface area contributed by atoms with Gasteiger partial charge in [-0.2, -0.15) is 0 Å². The number of hydrogen-bond donors (Lipinski definition) is 0. The first-order chi connectivity index (χ1) is 7.35. The lowest BCUT2D eigenvalue weighted by atomic mass is 10.0. The van der Waals surface area contributed by atoms with E-state index in [1.807, 2.05) is 12.1 Å². The second-order valence-corrected chi connectivity index (χ2v) is 3.41. The quantitative estimate of drug-likeness (QED) is 0.750. The summed E-state index contributed by atoms with van der Waals surface area (Å²) in [6.07, 6.45) is 8.42. The molecule has 0 fully saturated rings. The van der Waals surface area contributed by atoms with Crippen molar-refractivity contribution in [2.75, 3.05) is 14.2 Å². The smallest absolute Gasteiger partial charge is 0.161 e. The first-order valence-corrected chi connectivity index (χ1v) is 4.92. The number of benzene rings is 1. The van der Waals surface area contributed by atoms with E-state index in [1.165, 1.54) is 5.56 Å². The highest BCUT2D eigenvalue weighted by Gasteiger charge is 2.10. The molecule has 0 aromatic heterocycles. The topological polar surface area (TPSA) is 18.5 Å². The summed E-state index contributed by atoms with van der Waals surface area (Å²) < 4.78 is 10.5. The van der Waals surface area contributed by atoms with Crippen molar-refractivity contribution in [2.45, 2.75) is 5.92 Å². The molecule has 0 N–H and O–H groups in total. The van der Waals surface area contributed by atoms with E-state index in [0.717, 1.165) is 11.5 Å². The maximum atomic E-state index is 5.26. The third kappa shape index (κ3) is 1.89. The van der Waals surface area contributed by atoms with Crippen LogP contribution in [0.4, 0.5) is 0 Å². The lowest BCUT2D eigenvalue weighted by Crippen LogP contribution is -1.94. The van der Waals surface area contributed by atoms with Gasteiger partial charge in [-0.3, -0.25) is 0 Å². The Morgan fingerprint density at radius 1 is 0.933 bits per heavy atom. The van der Waals surface area contributed by atoms with E-state index in [4.69, 9.17) is 9.47 Å². The molecule has 0 aliphatic heterocycles. The van der Waals surface area contributed by atoms with Gasteiger partial charge in [0.05, 0.1) is 14.2 Å². The molecule has 0 atom stereocenters. The van der Waals surface area contributed by atoms with E-state index >= 15 is 0 Å². The van der Waals surface area contributed by atoms with E-state index in [-0.39, 0.29) is 0 Å². The second kappa shape index (κ2) is 4.22. The second-order valence-electron chi connectivity index (χ2n) is 3.41. The predicted octanol–water partition coefficient (Wildman–Crippen LogP) is 2.91. The minimum atomic E-state index is 0.366. The van der Waals surface area contributed by atoms with Gasteiger partial charge >= 0.3 is 0 Å². The number of methoxy groups -OCH3 is 2. The molecule has 2 rings (SSSR count). The first kappa shape index (κ1) is 9.84. The average Bonchev–Trinajstić information content (AvgIpc) is 2.81. The summed E-state index contributed by atoms with van der Waals surface area (Å²) in [6.45, 7) is 0. The molecule has 0 radical (unpaired) electrons. The van der Waals surface area contributed by atoms with Gasteiger partial charge < -0.3 is 9.47 Å². The Labute approximate surface area is 89.8 Å². The highest BCUT2D eigenvalue weighted by Crippen LogP contribution is 2.32. The first-order valence-electron chi connectivity index (χ1n) is 4.92. The molecule has 78 valence electrons. The van der Waals surface area contributed by atoms with Crippen LogP contribution in [0.15, 0.2) is 42.5 Å². The molecule has 15 heavy (non-hydrogen) atoms. The summed E-state index contributed by atoms with van der Waals surface area (Å²) in [5, 5.41) is 0. The van der Waals surface area contributed by atoms with Gasteiger partial charge in [-0.25, -0.2) is 0 Å². The normalized spacial score (nSPS) is 14.5. The van der Waals surface area contributed by atoms with Gasteiger partial charge in [-0.05, 0) is 17.7 Å². The molecule has 0 bridgehead atoms. The molecule has 0 saturated heterocycles. The summed E-state index contributed by atoms with van der Waals surface area (Å²) in [6, 6.07) is 6.02. The lowest BCUT2D eigenvalue weighted by Gasteiger charge is -2.11. The highest BCUT2D eigenvalue weighted by atomic mass is 16.5. The van der Waals surface area contributed by atoms with E-state index in [1.54, 1.807) is 14.2 Å². The summed E-state index contributed by atoms with van der Waals surface area (Å²) in [5.74, 6) is 1.92. The molecule has 2 nitrogen and oxygen atoms in total. The van der Waals surface area contributed by atoms with E-state index in [2.05, 4.69) is 30.4 Å². The maximum absolute atomic E-state index is 5.26. The van der Waals surface area contributed by atoms with Crippen LogP contribution in [0.5, 0.6) is 11.5 Å². The van der Waals surface area contributed by atoms with Crippen molar-refractivity contribution in [3.63, 3.8) is 0 Å². The Morgan fingerprint density at radius 2 is 1.60 bits per heavy atom. The Kier molecular flexibility index (Phi) is 2.77. The van der Waals surface area contributed by atoms with Crippen molar-refractivity contribution in [3.8, 4) is 11.5 Å². The predicted molar refractivity (Wildman–Crippen MR) is 60.6 cm³/mol. The Hall–Kier alpha value is -1.70. The molecule has 1 aromatic carbocycles. The molecule has 0 spiro atoms. The largest absolute Gasteiger partial charge is 0.493 e. The lowest BCUT2D eigenvalue weighted by molar-refractivity contribution is 0.354. The maximum Gasteiger partial charge on any atom is 0.161 e. The van der Waals surface area contributed by atoms with Crippen molar-refractivity contribution >= 4 is 0 Å². The minimum Gasteiger partial charge on any atom is -0.493 e. The van der Waals surface area contributed by atoms with Crippen LogP contribution in [0.2, 0.25) is 0 Å². The van der Waals surface area contributed by atoms with Crippen LogP contribution in [-0.2, 0) is 0 Å². The fourth-order valence-corrected chi connectivity index (χ4v) is 1.71. The van der Waals surface area contributed by atoms with Crippen LogP contribution in [0.3, 0.4) is 0 Å². The van der Waals surface area contributed by atoms with Crippen LogP contribution in [-0.4, -0.2) is 14.2 Å². The van der Waals surface area contributed by atoms with E-state index in [9.17, 15) is 0 Å². The van der Waals surface area contributed by atoms with E-state index in [0.29, 0.717) is 5.92 Å². The molecule has 0 saturated carbocycles. The van der Waals surface area contributed by atoms with Gasteiger partial charge in [0.25, 0.3) is 0 Å². The summed E-state index contributed by atoms with van der Waals surface area (Å²) in [7, 11) is 3.30. The zero-order valence-electron chi connectivity index (χ0n) is 8.94. The summed E-state index contributed by atoms with van der Waals surface area (Å²) in [5.41, 5.74) is 1.22. The zero-order valence-corrected chi connectivity index (χ0v) is 8.94. The molecule has 2 heteroatoms. The van der Waals surface area contributed by atoms with Crippen molar-refractivity contribution in [1.29, 1.82) is 0 Å². The number of hydrogen-bond acceptors (Lipinski definition) is 2. The van der Waals surface area contributed by atoms with Crippen molar-refractivity contribution in [1.82, 2.24) is 0 Å². The SMILES string of the molecule is COc1ccc(C2C=CC=C2)cc1OC. The molecule has 0 amide bonds. The minimum absolute atomic E-state index is 0.366. The third-order valence-electron chi connectivity index (χ3n) is 2.54. The standard InChI is InChI=1S/C13H14O2/c1-14-12-8-7-11(9-13(12)15-2)10-5-3-4-6-10/h3-10H,1-2H3. The summed E-state index contributed by atoms with van der Waals surface area (Å²) >= 11 is 0. The molecule has 0 unspecified atom stereocenters. The van der Waals surface area contributed by atoms with Crippen molar-refractivity contribution in [3.05, 3.63) is 48.1 Å². The Bertz CT molecular complexity index is 393. The average molecular weight is 202 g/mol. The molecular weight excluding hydrogens is 188 g/mol. The molecule has 0 heterocycles. The number of rotatable bonds is 3. The van der Waals surface area contributed by atoms with Gasteiger partial charge in [0.15, 0.2) is 11.5 Å². The van der Waals surface area contributed by atoms with Gasteiger partial charge in [0, 0.05) is 5.92 Å². The molecular formula is C13H14O2. The van der Waals surface area contributed by atoms with Crippen molar-refractivity contribution < 1.29 is 9.47 Å². The zero-order chi connectivity index (χ0) is 10.7. The highest BCUT2D eigenvalue weighted by molar-refractivity contribution is 5.46. The van der Waals surface area contributed by atoms with Crippen LogP contribution < -0.4 is 9.47 Å². The van der Waals surface area contributed by atoms with Crippen LogP contribution >= 0.6 is 0 Å². The summed E-state index contributed by atoms with van der Waals surface area (Å²) in [4.78, 5) is 0.